The molecule has 0 saturated carbocycles. The maximum Gasteiger partial charge on any atom is 0.0674 e. The van der Waals surface area contributed by atoms with Gasteiger partial charge in [0, 0.05) is 19.1 Å². The van der Waals surface area contributed by atoms with Gasteiger partial charge in [0.1, 0.15) is 0 Å². The predicted molar refractivity (Wildman–Crippen MR) is 51.5 cm³/mol. The first-order valence-corrected chi connectivity index (χ1v) is 4.92. The van der Waals surface area contributed by atoms with Crippen LogP contribution in [0, 0.1) is 0 Å². The van der Waals surface area contributed by atoms with Gasteiger partial charge in [-0.05, 0) is 19.9 Å². The van der Waals surface area contributed by atoms with Gasteiger partial charge in [-0.3, -0.25) is 4.90 Å². The molecule has 0 aromatic rings. The number of ether oxygens (including phenoxy) is 1. The van der Waals surface area contributed by atoms with Crippen LogP contribution in [0.3, 0.4) is 0 Å². The molecule has 1 aliphatic rings. The Balaban J connectivity index is 2.13. The van der Waals surface area contributed by atoms with Crippen molar-refractivity contribution in [1.82, 2.24) is 4.90 Å². The Bertz CT molecular complexity index is 144. The molecule has 0 amide bonds. The maximum absolute atomic E-state index is 8.75. The Hall–Kier alpha value is -0.160. The molecule has 1 heterocycles. The molecule has 1 aliphatic heterocycles. The predicted octanol–water partition coefficient (Wildman–Crippen LogP) is -0.583. The summed E-state index contributed by atoms with van der Waals surface area (Å²) in [4.78, 5) is 2.34. The molecule has 3 N–H and O–H groups in total. The van der Waals surface area contributed by atoms with E-state index in [1.807, 2.05) is 0 Å². The third kappa shape index (κ3) is 4.04. The van der Waals surface area contributed by atoms with E-state index in [4.69, 9.17) is 15.6 Å². The molecule has 1 rings (SSSR count). The summed E-state index contributed by atoms with van der Waals surface area (Å²) in [5, 5.41) is 8.75. The third-order valence-corrected chi connectivity index (χ3v) is 2.38. The van der Waals surface area contributed by atoms with Gasteiger partial charge in [-0.2, -0.15) is 0 Å². The Morgan fingerprint density at radius 2 is 2.46 bits per heavy atom. The molecule has 78 valence electrons. The fraction of sp³-hybridized carbons (Fsp3) is 1.00. The molecular weight excluding hydrogens is 168 g/mol. The van der Waals surface area contributed by atoms with Crippen LogP contribution in [0.4, 0.5) is 0 Å². The summed E-state index contributed by atoms with van der Waals surface area (Å²) in [7, 11) is 0. The number of rotatable bonds is 4. The molecule has 1 saturated heterocycles. The van der Waals surface area contributed by atoms with Crippen molar-refractivity contribution in [1.29, 1.82) is 0 Å². The average molecular weight is 188 g/mol. The first-order valence-electron chi connectivity index (χ1n) is 4.92. The van der Waals surface area contributed by atoms with Crippen LogP contribution in [-0.4, -0.2) is 55.0 Å². The highest BCUT2D eigenvalue weighted by Crippen LogP contribution is 2.05. The van der Waals surface area contributed by atoms with Gasteiger partial charge in [0.25, 0.3) is 0 Å². The van der Waals surface area contributed by atoms with Crippen molar-refractivity contribution in [2.45, 2.75) is 25.5 Å². The van der Waals surface area contributed by atoms with E-state index in [1.165, 1.54) is 0 Å². The van der Waals surface area contributed by atoms with E-state index in [-0.39, 0.29) is 12.6 Å². The SMILES string of the molecule is CC1CN(CCC(N)CO)CCO1. The van der Waals surface area contributed by atoms with Crippen LogP contribution in [0.5, 0.6) is 0 Å². The zero-order valence-electron chi connectivity index (χ0n) is 8.28. The number of nitrogens with two attached hydrogens (primary N) is 1. The summed E-state index contributed by atoms with van der Waals surface area (Å²) < 4.78 is 5.42. The molecule has 2 unspecified atom stereocenters. The fourth-order valence-corrected chi connectivity index (χ4v) is 1.53. The Labute approximate surface area is 79.7 Å². The maximum atomic E-state index is 8.75. The van der Waals surface area contributed by atoms with Crippen molar-refractivity contribution < 1.29 is 9.84 Å². The van der Waals surface area contributed by atoms with Gasteiger partial charge in [-0.1, -0.05) is 0 Å². The zero-order valence-corrected chi connectivity index (χ0v) is 8.28. The van der Waals surface area contributed by atoms with E-state index < -0.39 is 0 Å². The van der Waals surface area contributed by atoms with Crippen molar-refractivity contribution in [3.8, 4) is 0 Å². The van der Waals surface area contributed by atoms with Crippen LogP contribution in [0.15, 0.2) is 0 Å². The molecule has 4 heteroatoms. The summed E-state index contributed by atoms with van der Waals surface area (Å²) >= 11 is 0. The van der Waals surface area contributed by atoms with E-state index in [9.17, 15) is 0 Å². The van der Waals surface area contributed by atoms with Gasteiger partial charge in [0.2, 0.25) is 0 Å². The molecule has 0 aromatic heterocycles. The van der Waals surface area contributed by atoms with Gasteiger partial charge in [-0.15, -0.1) is 0 Å². The van der Waals surface area contributed by atoms with E-state index in [0.717, 1.165) is 32.7 Å². The van der Waals surface area contributed by atoms with E-state index in [1.54, 1.807) is 0 Å². The molecule has 0 radical (unpaired) electrons. The summed E-state index contributed by atoms with van der Waals surface area (Å²) in [6.07, 6.45) is 1.20. The largest absolute Gasteiger partial charge is 0.395 e. The highest BCUT2D eigenvalue weighted by Gasteiger charge is 2.16. The van der Waals surface area contributed by atoms with Crippen molar-refractivity contribution in [3.63, 3.8) is 0 Å². The standard InChI is InChI=1S/C9H20N2O2/c1-8-6-11(4-5-13-8)3-2-9(10)7-12/h8-9,12H,2-7,10H2,1H3. The molecule has 0 aromatic carbocycles. The van der Waals surface area contributed by atoms with Crippen molar-refractivity contribution in [2.75, 3.05) is 32.8 Å². The van der Waals surface area contributed by atoms with Gasteiger partial charge in [-0.25, -0.2) is 0 Å². The first-order chi connectivity index (χ1) is 6.22. The van der Waals surface area contributed by atoms with E-state index >= 15 is 0 Å². The van der Waals surface area contributed by atoms with E-state index in [0.29, 0.717) is 6.10 Å². The second kappa shape index (κ2) is 5.54. The first kappa shape index (κ1) is 10.9. The molecular formula is C9H20N2O2. The lowest BCUT2D eigenvalue weighted by atomic mass is 10.2. The highest BCUT2D eigenvalue weighted by molar-refractivity contribution is 4.70. The minimum atomic E-state index is -0.0712. The number of hydrogen-bond donors (Lipinski definition) is 2. The number of morpholine rings is 1. The third-order valence-electron chi connectivity index (χ3n) is 2.38. The quantitative estimate of drug-likeness (QED) is 0.619. The Morgan fingerprint density at radius 1 is 1.69 bits per heavy atom. The number of nitrogens with zero attached hydrogens (tertiary/aromatic N) is 1. The van der Waals surface area contributed by atoms with Crippen LogP contribution >= 0.6 is 0 Å². The molecule has 1 fully saturated rings. The Kier molecular flexibility index (Phi) is 4.66. The number of hydrogen-bond acceptors (Lipinski definition) is 4. The van der Waals surface area contributed by atoms with Gasteiger partial charge in [0.05, 0.1) is 19.3 Å². The second-order valence-electron chi connectivity index (χ2n) is 3.71. The van der Waals surface area contributed by atoms with Crippen molar-refractivity contribution in [2.24, 2.45) is 5.73 Å². The second-order valence-corrected chi connectivity index (χ2v) is 3.71. The van der Waals surface area contributed by atoms with Crippen LogP contribution < -0.4 is 5.73 Å². The van der Waals surface area contributed by atoms with Crippen LogP contribution in [0.2, 0.25) is 0 Å². The summed E-state index contributed by atoms with van der Waals surface area (Å²) in [6.45, 7) is 5.92. The highest BCUT2D eigenvalue weighted by atomic mass is 16.5. The normalized spacial score (nSPS) is 27.5. The van der Waals surface area contributed by atoms with Crippen molar-refractivity contribution >= 4 is 0 Å². The van der Waals surface area contributed by atoms with Gasteiger partial charge in [0.15, 0.2) is 0 Å². The van der Waals surface area contributed by atoms with E-state index in [2.05, 4.69) is 11.8 Å². The van der Waals surface area contributed by atoms with Crippen LogP contribution in [0.25, 0.3) is 0 Å². The number of aliphatic hydroxyl groups excluding tert-OH is 1. The summed E-state index contributed by atoms with van der Waals surface area (Å²) in [5.41, 5.74) is 5.62. The number of aliphatic hydroxyl groups is 1. The lowest BCUT2D eigenvalue weighted by Gasteiger charge is -2.31. The molecule has 0 aliphatic carbocycles. The van der Waals surface area contributed by atoms with Crippen molar-refractivity contribution in [3.05, 3.63) is 0 Å². The lowest BCUT2D eigenvalue weighted by Crippen LogP contribution is -2.43. The van der Waals surface area contributed by atoms with Crippen LogP contribution in [-0.2, 0) is 4.74 Å². The summed E-state index contributed by atoms with van der Waals surface area (Å²) in [5.74, 6) is 0. The molecule has 2 atom stereocenters. The average Bonchev–Trinajstić information content (AvgIpc) is 2.14. The zero-order chi connectivity index (χ0) is 9.68. The minimum Gasteiger partial charge on any atom is -0.395 e. The lowest BCUT2D eigenvalue weighted by molar-refractivity contribution is -0.0192. The smallest absolute Gasteiger partial charge is 0.0674 e. The van der Waals surface area contributed by atoms with Crippen LogP contribution in [0.1, 0.15) is 13.3 Å². The monoisotopic (exact) mass is 188 g/mol. The van der Waals surface area contributed by atoms with Gasteiger partial charge >= 0.3 is 0 Å². The molecule has 0 bridgehead atoms. The Morgan fingerprint density at radius 3 is 3.08 bits per heavy atom. The fourth-order valence-electron chi connectivity index (χ4n) is 1.53. The molecule has 0 spiro atoms. The summed E-state index contributed by atoms with van der Waals surface area (Å²) in [6, 6.07) is -0.0712. The molecule has 13 heavy (non-hydrogen) atoms. The molecule has 4 nitrogen and oxygen atoms in total. The topological polar surface area (TPSA) is 58.7 Å². The van der Waals surface area contributed by atoms with Gasteiger partial charge < -0.3 is 15.6 Å². The minimum absolute atomic E-state index is 0.0712.